The first-order chi connectivity index (χ1) is 9.03. The van der Waals surface area contributed by atoms with Gasteiger partial charge in [0.1, 0.15) is 0 Å². The minimum atomic E-state index is -0.187. The summed E-state index contributed by atoms with van der Waals surface area (Å²) in [4.78, 5) is 15.1. The van der Waals surface area contributed by atoms with Gasteiger partial charge in [-0.1, -0.05) is 33.6 Å². The molecule has 1 saturated heterocycles. The van der Waals surface area contributed by atoms with Crippen molar-refractivity contribution < 1.29 is 4.79 Å². The molecule has 1 heterocycles. The third kappa shape index (κ3) is 2.01. The minimum Gasteiger partial charge on any atom is -0.325 e. The van der Waals surface area contributed by atoms with Gasteiger partial charge in [-0.15, -0.1) is 0 Å². The van der Waals surface area contributed by atoms with E-state index in [2.05, 4.69) is 31.0 Å². The fraction of sp³-hybridized carbons (Fsp3) is 0.938. The van der Waals surface area contributed by atoms with E-state index in [1.54, 1.807) is 0 Å². The predicted molar refractivity (Wildman–Crippen MR) is 76.6 cm³/mol. The van der Waals surface area contributed by atoms with Crippen LogP contribution >= 0.6 is 0 Å². The molecule has 1 N–H and O–H groups in total. The molecule has 0 radical (unpaired) electrons. The monoisotopic (exact) mass is 264 g/mol. The molecule has 0 aromatic rings. The third-order valence-electron chi connectivity index (χ3n) is 5.94. The van der Waals surface area contributed by atoms with Gasteiger partial charge in [-0.05, 0) is 43.4 Å². The number of nitrogens with one attached hydrogen (secondary N) is 1. The Labute approximate surface area is 117 Å². The Morgan fingerprint density at radius 3 is 2.37 bits per heavy atom. The van der Waals surface area contributed by atoms with Crippen LogP contribution in [0.15, 0.2) is 0 Å². The third-order valence-corrected chi connectivity index (χ3v) is 5.94. The van der Waals surface area contributed by atoms with Crippen molar-refractivity contribution >= 4 is 5.91 Å². The molecule has 19 heavy (non-hydrogen) atoms. The molecule has 3 fully saturated rings. The van der Waals surface area contributed by atoms with Gasteiger partial charge in [-0.3, -0.25) is 10.1 Å². The van der Waals surface area contributed by atoms with E-state index in [0.717, 1.165) is 25.8 Å². The molecule has 1 amide bonds. The highest BCUT2D eigenvalue weighted by atomic mass is 16.2. The van der Waals surface area contributed by atoms with Gasteiger partial charge in [0, 0.05) is 6.54 Å². The highest BCUT2D eigenvalue weighted by Crippen LogP contribution is 2.53. The second-order valence-electron chi connectivity index (χ2n) is 7.31. The van der Waals surface area contributed by atoms with Crippen molar-refractivity contribution in [3.8, 4) is 0 Å². The number of carbonyl (C=O) groups excluding carboxylic acids is 1. The van der Waals surface area contributed by atoms with Crippen molar-refractivity contribution in [1.29, 1.82) is 0 Å². The number of amides is 1. The normalized spacial score (nSPS) is 31.7. The van der Waals surface area contributed by atoms with Gasteiger partial charge in [0.15, 0.2) is 0 Å². The Hall–Kier alpha value is -0.570. The first kappa shape index (κ1) is 13.4. The summed E-state index contributed by atoms with van der Waals surface area (Å²) in [5, 5.41) is 3.68. The molecule has 3 nitrogen and oxygen atoms in total. The van der Waals surface area contributed by atoms with Crippen molar-refractivity contribution in [3.05, 3.63) is 0 Å². The zero-order valence-corrected chi connectivity index (χ0v) is 12.7. The van der Waals surface area contributed by atoms with E-state index < -0.39 is 0 Å². The number of rotatable bonds is 4. The van der Waals surface area contributed by atoms with Crippen molar-refractivity contribution in [2.75, 3.05) is 6.54 Å². The summed E-state index contributed by atoms with van der Waals surface area (Å²) in [6.45, 7) is 7.80. The van der Waals surface area contributed by atoms with E-state index in [1.165, 1.54) is 25.7 Å². The van der Waals surface area contributed by atoms with Gasteiger partial charge in [0.05, 0.1) is 11.7 Å². The van der Waals surface area contributed by atoms with Crippen LogP contribution in [0.5, 0.6) is 0 Å². The molecule has 3 aliphatic rings. The molecule has 1 atom stereocenters. The van der Waals surface area contributed by atoms with Gasteiger partial charge in [-0.25, -0.2) is 0 Å². The maximum absolute atomic E-state index is 12.9. The first-order valence-corrected chi connectivity index (χ1v) is 8.12. The highest BCUT2D eigenvalue weighted by Gasteiger charge is 2.55. The quantitative estimate of drug-likeness (QED) is 0.847. The SMILES string of the molecule is CCC1NC2(CCCC2)C(=O)N1CC1(C(C)C)CC1. The smallest absolute Gasteiger partial charge is 0.244 e. The Morgan fingerprint density at radius 1 is 1.26 bits per heavy atom. The van der Waals surface area contributed by atoms with E-state index in [1.807, 2.05) is 0 Å². The molecule has 0 aromatic heterocycles. The molecule has 0 aromatic carbocycles. The van der Waals surface area contributed by atoms with Crippen molar-refractivity contribution in [1.82, 2.24) is 10.2 Å². The van der Waals surface area contributed by atoms with Crippen LogP contribution in [0.25, 0.3) is 0 Å². The molecule has 3 heteroatoms. The van der Waals surface area contributed by atoms with Crippen LogP contribution in [0, 0.1) is 11.3 Å². The molecule has 0 bridgehead atoms. The minimum absolute atomic E-state index is 0.187. The molecule has 2 aliphatic carbocycles. The zero-order chi connectivity index (χ0) is 13.7. The van der Waals surface area contributed by atoms with Gasteiger partial charge >= 0.3 is 0 Å². The van der Waals surface area contributed by atoms with Gasteiger partial charge in [-0.2, -0.15) is 0 Å². The lowest BCUT2D eigenvalue weighted by atomic mass is 9.91. The molecule has 1 aliphatic heterocycles. The average molecular weight is 264 g/mol. The average Bonchev–Trinajstić information content (AvgIpc) is 2.96. The summed E-state index contributed by atoms with van der Waals surface area (Å²) in [5.74, 6) is 1.10. The second-order valence-corrected chi connectivity index (χ2v) is 7.31. The largest absolute Gasteiger partial charge is 0.325 e. The van der Waals surface area contributed by atoms with Crippen molar-refractivity contribution in [2.45, 2.75) is 77.4 Å². The van der Waals surface area contributed by atoms with E-state index in [0.29, 0.717) is 17.2 Å². The van der Waals surface area contributed by atoms with Crippen LogP contribution in [0.4, 0.5) is 0 Å². The Morgan fingerprint density at radius 2 is 1.89 bits per heavy atom. The van der Waals surface area contributed by atoms with Gasteiger partial charge < -0.3 is 4.90 Å². The summed E-state index contributed by atoms with van der Waals surface area (Å²) in [7, 11) is 0. The summed E-state index contributed by atoms with van der Waals surface area (Å²) in [6, 6.07) is 0. The second kappa shape index (κ2) is 4.47. The Bertz CT molecular complexity index is 367. The van der Waals surface area contributed by atoms with Gasteiger partial charge in [0.25, 0.3) is 0 Å². The number of nitrogens with zero attached hydrogens (tertiary/aromatic N) is 1. The van der Waals surface area contributed by atoms with Gasteiger partial charge in [0.2, 0.25) is 5.91 Å². The lowest BCUT2D eigenvalue weighted by Gasteiger charge is -2.30. The first-order valence-electron chi connectivity index (χ1n) is 8.12. The summed E-state index contributed by atoms with van der Waals surface area (Å²) >= 11 is 0. The van der Waals surface area contributed by atoms with Crippen LogP contribution in [0.3, 0.4) is 0 Å². The molecule has 1 unspecified atom stereocenters. The maximum Gasteiger partial charge on any atom is 0.244 e. The molecular formula is C16H28N2O. The predicted octanol–water partition coefficient (Wildman–Crippen LogP) is 2.90. The van der Waals surface area contributed by atoms with Crippen LogP contribution in [0.1, 0.15) is 65.7 Å². The summed E-state index contributed by atoms with van der Waals surface area (Å²) < 4.78 is 0. The van der Waals surface area contributed by atoms with Crippen LogP contribution in [0.2, 0.25) is 0 Å². The molecule has 3 rings (SSSR count). The summed E-state index contributed by atoms with van der Waals surface area (Å²) in [6.07, 6.45) is 8.43. The molecule has 2 saturated carbocycles. The van der Waals surface area contributed by atoms with Crippen molar-refractivity contribution in [3.63, 3.8) is 0 Å². The lowest BCUT2D eigenvalue weighted by molar-refractivity contribution is -0.134. The van der Waals surface area contributed by atoms with E-state index in [-0.39, 0.29) is 11.7 Å². The molecule has 108 valence electrons. The maximum atomic E-state index is 12.9. The fourth-order valence-corrected chi connectivity index (χ4v) is 4.13. The van der Waals surface area contributed by atoms with Crippen LogP contribution in [-0.2, 0) is 4.79 Å². The Balaban J connectivity index is 1.78. The zero-order valence-electron chi connectivity index (χ0n) is 12.7. The lowest BCUT2D eigenvalue weighted by Crippen LogP contribution is -2.44. The van der Waals surface area contributed by atoms with E-state index >= 15 is 0 Å². The fourth-order valence-electron chi connectivity index (χ4n) is 4.13. The standard InChI is InChI=1S/C16H28N2O/c1-4-13-17-16(7-5-6-8-16)14(19)18(13)11-15(9-10-15)12(2)3/h12-13,17H,4-11H2,1-3H3. The number of hydrogen-bond acceptors (Lipinski definition) is 2. The topological polar surface area (TPSA) is 32.3 Å². The van der Waals surface area contributed by atoms with Crippen molar-refractivity contribution in [2.24, 2.45) is 11.3 Å². The van der Waals surface area contributed by atoms with E-state index in [4.69, 9.17) is 0 Å². The van der Waals surface area contributed by atoms with Crippen LogP contribution in [-0.4, -0.2) is 29.1 Å². The molecular weight excluding hydrogens is 236 g/mol. The molecule has 1 spiro atoms. The number of carbonyl (C=O) groups is 1. The summed E-state index contributed by atoms with van der Waals surface area (Å²) in [5.41, 5.74) is 0.239. The Kier molecular flexibility index (Phi) is 3.16. The number of hydrogen-bond donors (Lipinski definition) is 1. The van der Waals surface area contributed by atoms with E-state index in [9.17, 15) is 4.79 Å². The van der Waals surface area contributed by atoms with Crippen LogP contribution < -0.4 is 5.32 Å². The highest BCUT2D eigenvalue weighted by molar-refractivity contribution is 5.89.